The maximum atomic E-state index is 10.9. The van der Waals surface area contributed by atoms with Crippen LogP contribution in [0.4, 0.5) is 0 Å². The maximum absolute atomic E-state index is 10.9. The Morgan fingerprint density at radius 2 is 2.00 bits per heavy atom. The van der Waals surface area contributed by atoms with Gasteiger partial charge >= 0.3 is 5.97 Å². The molecule has 1 aliphatic rings. The molecule has 4 nitrogen and oxygen atoms in total. The summed E-state index contributed by atoms with van der Waals surface area (Å²) in [6.45, 7) is 0.368. The molecule has 0 aliphatic heterocycles. The minimum absolute atomic E-state index is 0.350. The molecule has 1 aliphatic carbocycles. The number of nitrogens with two attached hydrogens (primary N) is 1. The Bertz CT molecular complexity index is 214. The Balaban J connectivity index is 2.29. The summed E-state index contributed by atoms with van der Waals surface area (Å²) in [6, 6.07) is 0. The normalized spacial score (nSPS) is 20.9. The van der Waals surface area contributed by atoms with E-state index < -0.39 is 18.0 Å². The van der Waals surface area contributed by atoms with Crippen LogP contribution in [0.1, 0.15) is 44.9 Å². The third kappa shape index (κ3) is 4.49. The van der Waals surface area contributed by atoms with Gasteiger partial charge in [0.2, 0.25) is 0 Å². The summed E-state index contributed by atoms with van der Waals surface area (Å²) < 4.78 is 0. The van der Waals surface area contributed by atoms with Crippen LogP contribution in [0.25, 0.3) is 0 Å². The zero-order chi connectivity index (χ0) is 12.0. The van der Waals surface area contributed by atoms with Crippen LogP contribution >= 0.6 is 0 Å². The molecular weight excluding hydrogens is 206 g/mol. The van der Waals surface area contributed by atoms with Gasteiger partial charge in [-0.2, -0.15) is 0 Å². The second kappa shape index (κ2) is 6.86. The fourth-order valence-corrected chi connectivity index (χ4v) is 2.60. The third-order valence-electron chi connectivity index (χ3n) is 3.50. The van der Waals surface area contributed by atoms with Crippen LogP contribution in [-0.4, -0.2) is 28.8 Å². The first-order valence-corrected chi connectivity index (χ1v) is 6.24. The molecule has 0 bridgehead atoms. The van der Waals surface area contributed by atoms with Crippen LogP contribution in [0.15, 0.2) is 0 Å². The summed E-state index contributed by atoms with van der Waals surface area (Å²) in [7, 11) is 0. The van der Waals surface area contributed by atoms with Crippen LogP contribution in [0, 0.1) is 11.8 Å². The molecule has 1 rings (SSSR count). The molecule has 0 amide bonds. The molecule has 0 aromatic heterocycles. The van der Waals surface area contributed by atoms with E-state index in [2.05, 4.69) is 0 Å². The number of hydrogen-bond donors (Lipinski definition) is 3. The summed E-state index contributed by atoms with van der Waals surface area (Å²) in [5, 5.41) is 18.8. The number of carboxylic acids is 1. The van der Waals surface area contributed by atoms with E-state index in [1.54, 1.807) is 0 Å². The monoisotopic (exact) mass is 229 g/mol. The van der Waals surface area contributed by atoms with E-state index in [1.807, 2.05) is 0 Å². The molecule has 4 heteroatoms. The first kappa shape index (κ1) is 13.5. The van der Waals surface area contributed by atoms with Crippen molar-refractivity contribution < 1.29 is 15.0 Å². The first-order valence-electron chi connectivity index (χ1n) is 6.24. The number of carbonyl (C=O) groups is 1. The van der Waals surface area contributed by atoms with Crippen molar-refractivity contribution in [2.45, 2.75) is 51.0 Å². The number of carboxylic acid groups (broad SMARTS) is 1. The minimum atomic E-state index is -0.837. The van der Waals surface area contributed by atoms with Gasteiger partial charge in [-0.1, -0.05) is 25.7 Å². The molecule has 2 atom stereocenters. The van der Waals surface area contributed by atoms with Gasteiger partial charge in [-0.3, -0.25) is 4.79 Å². The van der Waals surface area contributed by atoms with Gasteiger partial charge in [-0.25, -0.2) is 0 Å². The number of aliphatic carboxylic acids is 1. The smallest absolute Gasteiger partial charge is 0.306 e. The Labute approximate surface area is 96.8 Å². The Morgan fingerprint density at radius 1 is 1.38 bits per heavy atom. The highest BCUT2D eigenvalue weighted by molar-refractivity contribution is 5.69. The second-order valence-electron chi connectivity index (χ2n) is 4.89. The average Bonchev–Trinajstić information content (AvgIpc) is 2.69. The zero-order valence-electron chi connectivity index (χ0n) is 9.77. The molecule has 0 radical (unpaired) electrons. The van der Waals surface area contributed by atoms with Crippen molar-refractivity contribution in [2.75, 3.05) is 6.54 Å². The van der Waals surface area contributed by atoms with Crippen LogP contribution < -0.4 is 5.73 Å². The molecule has 4 N–H and O–H groups in total. The van der Waals surface area contributed by atoms with Crippen molar-refractivity contribution in [3.05, 3.63) is 0 Å². The van der Waals surface area contributed by atoms with Gasteiger partial charge in [-0.15, -0.1) is 0 Å². The maximum Gasteiger partial charge on any atom is 0.306 e. The lowest BCUT2D eigenvalue weighted by atomic mass is 9.91. The van der Waals surface area contributed by atoms with Gasteiger partial charge in [0.25, 0.3) is 0 Å². The highest BCUT2D eigenvalue weighted by Gasteiger charge is 2.24. The Hall–Kier alpha value is -0.610. The zero-order valence-corrected chi connectivity index (χ0v) is 9.77. The number of hydrogen-bond acceptors (Lipinski definition) is 3. The van der Waals surface area contributed by atoms with E-state index in [-0.39, 0.29) is 0 Å². The van der Waals surface area contributed by atoms with E-state index in [1.165, 1.54) is 25.7 Å². The molecule has 0 saturated heterocycles. The van der Waals surface area contributed by atoms with Crippen molar-refractivity contribution in [3.63, 3.8) is 0 Å². The number of aliphatic hydroxyl groups is 1. The molecule has 0 aromatic rings. The van der Waals surface area contributed by atoms with E-state index >= 15 is 0 Å². The van der Waals surface area contributed by atoms with Crippen LogP contribution in [0.3, 0.4) is 0 Å². The molecule has 16 heavy (non-hydrogen) atoms. The van der Waals surface area contributed by atoms with Crippen molar-refractivity contribution in [1.29, 1.82) is 0 Å². The van der Waals surface area contributed by atoms with Gasteiger partial charge < -0.3 is 15.9 Å². The quantitative estimate of drug-likeness (QED) is 0.615. The molecule has 0 aromatic carbocycles. The molecular formula is C12H23NO3. The second-order valence-corrected chi connectivity index (χ2v) is 4.89. The lowest BCUT2D eigenvalue weighted by Gasteiger charge is -2.19. The molecule has 0 spiro atoms. The van der Waals surface area contributed by atoms with Crippen molar-refractivity contribution >= 4 is 5.97 Å². The predicted octanol–water partition coefficient (Wildman–Crippen LogP) is 1.37. The minimum Gasteiger partial charge on any atom is -0.481 e. The highest BCUT2D eigenvalue weighted by atomic mass is 16.4. The lowest BCUT2D eigenvalue weighted by molar-refractivity contribution is -0.143. The molecule has 1 saturated carbocycles. The standard InChI is InChI=1S/C12H23NO3/c13-6-5-10(12(15)16)8-11(14)7-9-3-1-2-4-9/h9-11,14H,1-8,13H2,(H,15,16). The number of aliphatic hydroxyl groups excluding tert-OH is 1. The topological polar surface area (TPSA) is 83.5 Å². The van der Waals surface area contributed by atoms with Gasteiger partial charge in [0, 0.05) is 0 Å². The van der Waals surface area contributed by atoms with Crippen LogP contribution in [0.5, 0.6) is 0 Å². The van der Waals surface area contributed by atoms with Crippen molar-refractivity contribution in [2.24, 2.45) is 17.6 Å². The Kier molecular flexibility index (Phi) is 5.77. The SMILES string of the molecule is NCCC(CC(O)CC1CCCC1)C(=O)O. The summed E-state index contributed by atoms with van der Waals surface area (Å²) in [5.41, 5.74) is 5.36. The van der Waals surface area contributed by atoms with Gasteiger partial charge in [0.15, 0.2) is 0 Å². The third-order valence-corrected chi connectivity index (χ3v) is 3.50. The van der Waals surface area contributed by atoms with Crippen molar-refractivity contribution in [3.8, 4) is 0 Å². The Morgan fingerprint density at radius 3 is 2.50 bits per heavy atom. The van der Waals surface area contributed by atoms with E-state index in [0.717, 1.165) is 6.42 Å². The van der Waals surface area contributed by atoms with Gasteiger partial charge in [0.05, 0.1) is 12.0 Å². The van der Waals surface area contributed by atoms with E-state index in [9.17, 15) is 9.90 Å². The average molecular weight is 229 g/mol. The highest BCUT2D eigenvalue weighted by Crippen LogP contribution is 2.30. The van der Waals surface area contributed by atoms with Crippen molar-refractivity contribution in [1.82, 2.24) is 0 Å². The largest absolute Gasteiger partial charge is 0.481 e. The van der Waals surface area contributed by atoms with Gasteiger partial charge in [-0.05, 0) is 31.7 Å². The summed E-state index contributed by atoms with van der Waals surface area (Å²) in [6.07, 6.45) is 5.97. The van der Waals surface area contributed by atoms with Gasteiger partial charge in [0.1, 0.15) is 0 Å². The number of rotatable bonds is 7. The van der Waals surface area contributed by atoms with Crippen LogP contribution in [-0.2, 0) is 4.79 Å². The van der Waals surface area contributed by atoms with E-state index in [4.69, 9.17) is 10.8 Å². The van der Waals surface area contributed by atoms with Crippen LogP contribution in [0.2, 0.25) is 0 Å². The fourth-order valence-electron chi connectivity index (χ4n) is 2.60. The first-order chi connectivity index (χ1) is 7.63. The molecule has 1 fully saturated rings. The van der Waals surface area contributed by atoms with E-state index in [0.29, 0.717) is 25.3 Å². The molecule has 2 unspecified atom stereocenters. The summed E-state index contributed by atoms with van der Waals surface area (Å²) in [5.74, 6) is -0.723. The predicted molar refractivity (Wildman–Crippen MR) is 62.0 cm³/mol. The molecule has 0 heterocycles. The molecule has 94 valence electrons. The summed E-state index contributed by atoms with van der Waals surface area (Å²) in [4.78, 5) is 10.9. The summed E-state index contributed by atoms with van der Waals surface area (Å²) >= 11 is 0. The lowest BCUT2D eigenvalue weighted by Crippen LogP contribution is -2.24. The fraction of sp³-hybridized carbons (Fsp3) is 0.917.